The molecule has 5 nitrogen and oxygen atoms in total. The zero-order valence-corrected chi connectivity index (χ0v) is 10.7. The van der Waals surface area contributed by atoms with Crippen LogP contribution in [0.2, 0.25) is 0 Å². The Kier molecular flexibility index (Phi) is 3.01. The number of sulfonamides is 1. The molecule has 0 saturated heterocycles. The highest BCUT2D eigenvalue weighted by Crippen LogP contribution is 2.32. The second-order valence-corrected chi connectivity index (χ2v) is 5.92. The van der Waals surface area contributed by atoms with E-state index in [0.29, 0.717) is 11.4 Å². The van der Waals surface area contributed by atoms with Gasteiger partial charge in [0.25, 0.3) is 0 Å². The van der Waals surface area contributed by atoms with Crippen molar-refractivity contribution in [2.24, 2.45) is 5.14 Å². The third-order valence-electron chi connectivity index (χ3n) is 2.55. The van der Waals surface area contributed by atoms with Crippen molar-refractivity contribution in [2.45, 2.75) is 23.8 Å². The SMILES string of the molecule is CN(C)c1cc(OC2CC2)ccc1S(N)(=O)=O. The fourth-order valence-corrected chi connectivity index (χ4v) is 2.33. The zero-order valence-electron chi connectivity index (χ0n) is 9.88. The molecule has 0 aromatic heterocycles. The van der Waals surface area contributed by atoms with Crippen LogP contribution in [0.15, 0.2) is 23.1 Å². The molecule has 17 heavy (non-hydrogen) atoms. The van der Waals surface area contributed by atoms with Gasteiger partial charge in [-0.2, -0.15) is 0 Å². The maximum Gasteiger partial charge on any atom is 0.240 e. The monoisotopic (exact) mass is 256 g/mol. The van der Waals surface area contributed by atoms with Crippen molar-refractivity contribution < 1.29 is 13.2 Å². The van der Waals surface area contributed by atoms with E-state index >= 15 is 0 Å². The first-order valence-corrected chi connectivity index (χ1v) is 6.93. The van der Waals surface area contributed by atoms with Crippen LogP contribution in [0.3, 0.4) is 0 Å². The summed E-state index contributed by atoms with van der Waals surface area (Å²) in [5.74, 6) is 0.684. The van der Waals surface area contributed by atoms with E-state index in [0.717, 1.165) is 12.8 Å². The van der Waals surface area contributed by atoms with E-state index in [1.165, 1.54) is 6.07 Å². The Balaban J connectivity index is 2.40. The lowest BCUT2D eigenvalue weighted by atomic mass is 10.3. The molecule has 6 heteroatoms. The highest BCUT2D eigenvalue weighted by molar-refractivity contribution is 7.89. The van der Waals surface area contributed by atoms with Gasteiger partial charge in [0.15, 0.2) is 0 Å². The van der Waals surface area contributed by atoms with Crippen LogP contribution in [0.25, 0.3) is 0 Å². The molecular formula is C11H16N2O3S. The van der Waals surface area contributed by atoms with Crippen LogP contribution in [0, 0.1) is 0 Å². The van der Waals surface area contributed by atoms with Crippen LogP contribution < -0.4 is 14.8 Å². The molecule has 0 unspecified atom stereocenters. The molecule has 0 amide bonds. The summed E-state index contributed by atoms with van der Waals surface area (Å²) in [6, 6.07) is 4.84. The Morgan fingerprint density at radius 3 is 2.47 bits per heavy atom. The van der Waals surface area contributed by atoms with Crippen molar-refractivity contribution in [3.63, 3.8) is 0 Å². The summed E-state index contributed by atoms with van der Waals surface area (Å²) in [6.45, 7) is 0. The largest absolute Gasteiger partial charge is 0.490 e. The quantitative estimate of drug-likeness (QED) is 0.870. The van der Waals surface area contributed by atoms with Crippen LogP contribution in [0.1, 0.15) is 12.8 Å². The molecule has 94 valence electrons. The van der Waals surface area contributed by atoms with E-state index in [1.54, 1.807) is 31.1 Å². The van der Waals surface area contributed by atoms with Gasteiger partial charge in [0.2, 0.25) is 10.0 Å². The molecule has 2 rings (SSSR count). The number of rotatable bonds is 4. The molecule has 0 atom stereocenters. The van der Waals surface area contributed by atoms with Crippen LogP contribution >= 0.6 is 0 Å². The van der Waals surface area contributed by atoms with Crippen molar-refractivity contribution in [1.29, 1.82) is 0 Å². The van der Waals surface area contributed by atoms with Crippen LogP contribution in [-0.4, -0.2) is 28.6 Å². The van der Waals surface area contributed by atoms with Gasteiger partial charge in [0.1, 0.15) is 10.6 Å². The first-order chi connectivity index (χ1) is 7.88. The smallest absolute Gasteiger partial charge is 0.240 e. The Morgan fingerprint density at radius 2 is 2.00 bits per heavy atom. The third kappa shape index (κ3) is 2.89. The molecule has 0 aliphatic heterocycles. The van der Waals surface area contributed by atoms with Gasteiger partial charge in [-0.25, -0.2) is 13.6 Å². The van der Waals surface area contributed by atoms with Gasteiger partial charge in [-0.1, -0.05) is 0 Å². The lowest BCUT2D eigenvalue weighted by molar-refractivity contribution is 0.303. The van der Waals surface area contributed by atoms with E-state index in [-0.39, 0.29) is 11.0 Å². The molecular weight excluding hydrogens is 240 g/mol. The van der Waals surface area contributed by atoms with Gasteiger partial charge in [-0.15, -0.1) is 0 Å². The first kappa shape index (κ1) is 12.2. The molecule has 1 aromatic carbocycles. The Morgan fingerprint density at radius 1 is 1.35 bits per heavy atom. The maximum atomic E-state index is 11.4. The second-order valence-electron chi connectivity index (χ2n) is 4.39. The summed E-state index contributed by atoms with van der Waals surface area (Å²) in [6.07, 6.45) is 2.41. The minimum Gasteiger partial charge on any atom is -0.490 e. The molecule has 1 aliphatic carbocycles. The van der Waals surface area contributed by atoms with Crippen molar-refractivity contribution >= 4 is 15.7 Å². The average Bonchev–Trinajstić information content (AvgIpc) is 2.99. The Bertz CT molecular complexity index is 522. The summed E-state index contributed by atoms with van der Waals surface area (Å²) in [5.41, 5.74) is 0.547. The Labute approximate surface area is 101 Å². The van der Waals surface area contributed by atoms with Gasteiger partial charge >= 0.3 is 0 Å². The molecule has 1 fully saturated rings. The molecule has 1 aliphatic rings. The lowest BCUT2D eigenvalue weighted by Crippen LogP contribution is -2.18. The first-order valence-electron chi connectivity index (χ1n) is 5.39. The minimum absolute atomic E-state index is 0.116. The predicted octanol–water partition coefficient (Wildman–Crippen LogP) is 0.941. The van der Waals surface area contributed by atoms with Gasteiger partial charge in [0.05, 0.1) is 11.8 Å². The molecule has 0 radical (unpaired) electrons. The number of benzene rings is 1. The highest BCUT2D eigenvalue weighted by Gasteiger charge is 2.24. The van der Waals surface area contributed by atoms with Crippen molar-refractivity contribution in [3.8, 4) is 5.75 Å². The summed E-state index contributed by atoms with van der Waals surface area (Å²) in [4.78, 5) is 1.82. The topological polar surface area (TPSA) is 72.6 Å². The normalized spacial score (nSPS) is 15.7. The number of hydrogen-bond donors (Lipinski definition) is 1. The minimum atomic E-state index is -3.71. The fraction of sp³-hybridized carbons (Fsp3) is 0.455. The van der Waals surface area contributed by atoms with Gasteiger partial charge in [-0.05, 0) is 25.0 Å². The number of nitrogens with two attached hydrogens (primary N) is 1. The zero-order chi connectivity index (χ0) is 12.6. The van der Waals surface area contributed by atoms with Crippen molar-refractivity contribution in [2.75, 3.05) is 19.0 Å². The van der Waals surface area contributed by atoms with Crippen molar-refractivity contribution in [1.82, 2.24) is 0 Å². The maximum absolute atomic E-state index is 11.4. The Hall–Kier alpha value is -1.27. The summed E-state index contributed by atoms with van der Waals surface area (Å²) >= 11 is 0. The van der Waals surface area contributed by atoms with Gasteiger partial charge < -0.3 is 9.64 Å². The number of ether oxygens (including phenoxy) is 1. The molecule has 0 heterocycles. The standard InChI is InChI=1S/C11H16N2O3S/c1-13(2)10-7-9(16-8-3-4-8)5-6-11(10)17(12,14)15/h5-8H,3-4H2,1-2H3,(H2,12,14,15). The van der Waals surface area contributed by atoms with Crippen LogP contribution in [0.5, 0.6) is 5.75 Å². The summed E-state index contributed by atoms with van der Waals surface area (Å²) in [7, 11) is -0.168. The van der Waals surface area contributed by atoms with Crippen molar-refractivity contribution in [3.05, 3.63) is 18.2 Å². The van der Waals surface area contributed by atoms with E-state index in [2.05, 4.69) is 0 Å². The lowest BCUT2D eigenvalue weighted by Gasteiger charge is -2.17. The van der Waals surface area contributed by atoms with Gasteiger partial charge in [0, 0.05) is 20.2 Å². The average molecular weight is 256 g/mol. The van der Waals surface area contributed by atoms with E-state index in [1.807, 2.05) is 0 Å². The molecule has 2 N–H and O–H groups in total. The fourth-order valence-electron chi connectivity index (χ4n) is 1.54. The number of nitrogens with zero attached hydrogens (tertiary/aromatic N) is 1. The number of primary sulfonamides is 1. The number of hydrogen-bond acceptors (Lipinski definition) is 4. The predicted molar refractivity (Wildman–Crippen MR) is 65.8 cm³/mol. The van der Waals surface area contributed by atoms with E-state index < -0.39 is 10.0 Å². The molecule has 0 bridgehead atoms. The van der Waals surface area contributed by atoms with Gasteiger partial charge in [-0.3, -0.25) is 0 Å². The number of anilines is 1. The third-order valence-corrected chi connectivity index (χ3v) is 3.50. The second kappa shape index (κ2) is 4.19. The van der Waals surface area contributed by atoms with Crippen LogP contribution in [-0.2, 0) is 10.0 Å². The highest BCUT2D eigenvalue weighted by atomic mass is 32.2. The molecule has 1 saturated carbocycles. The summed E-state index contributed by atoms with van der Waals surface area (Å²) in [5, 5.41) is 5.16. The van der Waals surface area contributed by atoms with E-state index in [9.17, 15) is 8.42 Å². The molecule has 0 spiro atoms. The molecule has 1 aromatic rings. The summed E-state index contributed by atoms with van der Waals surface area (Å²) < 4.78 is 28.5. The van der Waals surface area contributed by atoms with Crippen LogP contribution in [0.4, 0.5) is 5.69 Å². The van der Waals surface area contributed by atoms with E-state index in [4.69, 9.17) is 9.88 Å².